The number of Topliss-reactive ketones (excluding diaryl/α,β-unsaturated/α-hetero) is 2. The fraction of sp³-hybridized carbons (Fsp3) is 0. The molecular formula is C56H30N10O2. The molecule has 0 spiro atoms. The molecule has 12 nitrogen and oxygen atoms in total. The first-order chi connectivity index (χ1) is 33.5. The quantitative estimate of drug-likeness (QED) is 0.0884. The van der Waals surface area contributed by atoms with E-state index in [1.807, 2.05) is 73.2 Å². The van der Waals surface area contributed by atoms with E-state index in [0.29, 0.717) is 17.1 Å². The molecule has 0 aliphatic heterocycles. The zero-order valence-electron chi connectivity index (χ0n) is 35.6. The van der Waals surface area contributed by atoms with E-state index in [9.17, 15) is 9.59 Å². The number of pyridine rings is 2. The first-order valence-electron chi connectivity index (χ1n) is 21.7. The molecule has 0 radical (unpaired) electrons. The fourth-order valence-electron chi connectivity index (χ4n) is 9.21. The number of fused-ring (bicyclic) bond motifs is 8. The van der Waals surface area contributed by atoms with Gasteiger partial charge in [-0.25, -0.2) is 15.0 Å². The molecule has 1 aliphatic rings. The van der Waals surface area contributed by atoms with E-state index >= 15 is 0 Å². The van der Waals surface area contributed by atoms with E-state index in [-0.39, 0.29) is 22.8 Å². The summed E-state index contributed by atoms with van der Waals surface area (Å²) in [5, 5.41) is 6.43. The first kappa shape index (κ1) is 38.8. The van der Waals surface area contributed by atoms with Crippen LogP contribution in [0.2, 0.25) is 0 Å². The number of rotatable bonds is 6. The monoisotopic (exact) mass is 874 g/mol. The summed E-state index contributed by atoms with van der Waals surface area (Å²) >= 11 is 0. The average Bonchev–Trinajstić information content (AvgIpc) is 3.41. The third kappa shape index (κ3) is 6.31. The number of ketones is 2. The Balaban J connectivity index is 0.754. The number of nitrogens with zero attached hydrogens (tertiary/aromatic N) is 10. The SMILES string of the molecule is O=C1C(=O)c2nc(-c3ccc(-c4ccc(-c5cnc(-c6cnc(-c7c8ccccc8c(-c8cnc9c(ccc%10cccnc%109)c8)c8ccccc78)cn6)cn5)cc4)cc3)cnc2-c2nccnc21. The Bertz CT molecular complexity index is 3990. The maximum absolute atomic E-state index is 12.9. The Hall–Kier alpha value is -9.68. The van der Waals surface area contributed by atoms with Crippen LogP contribution in [0.15, 0.2) is 183 Å². The molecule has 0 amide bonds. The molecule has 13 rings (SSSR count). The minimum absolute atomic E-state index is 0.00537. The molecule has 0 fully saturated rings. The van der Waals surface area contributed by atoms with Gasteiger partial charge in [-0.3, -0.25) is 44.5 Å². The molecule has 0 atom stereocenters. The van der Waals surface area contributed by atoms with Crippen molar-refractivity contribution < 1.29 is 9.59 Å². The molecule has 68 heavy (non-hydrogen) atoms. The molecule has 1 aliphatic carbocycles. The van der Waals surface area contributed by atoms with Gasteiger partial charge in [-0.05, 0) is 50.4 Å². The van der Waals surface area contributed by atoms with Gasteiger partial charge < -0.3 is 0 Å². The van der Waals surface area contributed by atoms with Crippen molar-refractivity contribution in [1.29, 1.82) is 0 Å². The van der Waals surface area contributed by atoms with Crippen molar-refractivity contribution in [2.24, 2.45) is 0 Å². The van der Waals surface area contributed by atoms with Gasteiger partial charge in [0, 0.05) is 57.8 Å². The normalized spacial score (nSPS) is 12.2. The molecule has 316 valence electrons. The lowest BCUT2D eigenvalue weighted by atomic mass is 9.87. The van der Waals surface area contributed by atoms with E-state index in [1.54, 1.807) is 24.8 Å². The number of aromatic nitrogens is 10. The highest BCUT2D eigenvalue weighted by atomic mass is 16.2. The van der Waals surface area contributed by atoms with Gasteiger partial charge in [0.05, 0.1) is 59.1 Å². The molecule has 0 saturated heterocycles. The van der Waals surface area contributed by atoms with Crippen LogP contribution in [0.1, 0.15) is 21.0 Å². The highest BCUT2D eigenvalue weighted by Crippen LogP contribution is 2.44. The second-order valence-corrected chi connectivity index (χ2v) is 16.4. The number of benzene rings is 6. The molecule has 12 heteroatoms. The van der Waals surface area contributed by atoms with Gasteiger partial charge in [-0.2, -0.15) is 0 Å². The number of carbonyl (C=O) groups excluding carboxylic acids is 2. The summed E-state index contributed by atoms with van der Waals surface area (Å²) in [7, 11) is 0. The lowest BCUT2D eigenvalue weighted by Gasteiger charge is -2.17. The predicted molar refractivity (Wildman–Crippen MR) is 261 cm³/mol. The van der Waals surface area contributed by atoms with Crippen LogP contribution < -0.4 is 0 Å². The van der Waals surface area contributed by atoms with E-state index in [0.717, 1.165) is 93.7 Å². The summed E-state index contributed by atoms with van der Waals surface area (Å²) in [4.78, 5) is 71.7. The van der Waals surface area contributed by atoms with Crippen LogP contribution in [0.5, 0.6) is 0 Å². The van der Waals surface area contributed by atoms with Crippen LogP contribution >= 0.6 is 0 Å². The Kier molecular flexibility index (Phi) is 8.83. The van der Waals surface area contributed by atoms with Crippen LogP contribution in [0.3, 0.4) is 0 Å². The van der Waals surface area contributed by atoms with E-state index in [1.165, 1.54) is 12.4 Å². The molecule has 0 N–H and O–H groups in total. The third-order valence-electron chi connectivity index (χ3n) is 12.5. The predicted octanol–water partition coefficient (Wildman–Crippen LogP) is 11.3. The van der Waals surface area contributed by atoms with Crippen LogP contribution in [-0.4, -0.2) is 61.4 Å². The van der Waals surface area contributed by atoms with Gasteiger partial charge in [0.2, 0.25) is 0 Å². The molecule has 12 aromatic rings. The van der Waals surface area contributed by atoms with Crippen molar-refractivity contribution in [2.45, 2.75) is 0 Å². The van der Waals surface area contributed by atoms with Gasteiger partial charge >= 0.3 is 0 Å². The Morgan fingerprint density at radius 3 is 1.44 bits per heavy atom. The number of hydrogen-bond donors (Lipinski definition) is 0. The highest BCUT2D eigenvalue weighted by molar-refractivity contribution is 6.51. The Morgan fingerprint density at radius 2 is 0.794 bits per heavy atom. The highest BCUT2D eigenvalue weighted by Gasteiger charge is 2.35. The van der Waals surface area contributed by atoms with Gasteiger partial charge in [0.15, 0.2) is 0 Å². The van der Waals surface area contributed by atoms with Crippen molar-refractivity contribution in [3.05, 3.63) is 195 Å². The number of carbonyl (C=O) groups is 2. The molecule has 0 unspecified atom stereocenters. The fourth-order valence-corrected chi connectivity index (χ4v) is 9.21. The Morgan fingerprint density at radius 1 is 0.294 bits per heavy atom. The van der Waals surface area contributed by atoms with Crippen LogP contribution in [0.25, 0.3) is 122 Å². The minimum Gasteiger partial charge on any atom is -0.283 e. The van der Waals surface area contributed by atoms with Gasteiger partial charge in [-0.15, -0.1) is 0 Å². The summed E-state index contributed by atoms with van der Waals surface area (Å²) in [5.74, 6) is -1.48. The summed E-state index contributed by atoms with van der Waals surface area (Å²) < 4.78 is 0. The lowest BCUT2D eigenvalue weighted by molar-refractivity contribution is 0.0808. The topological polar surface area (TPSA) is 163 Å². The standard InChI is InChI=1S/C56H30N10O2/c67-55-53-51(58-22-23-59-53)52-54(56(55)68)66-43(27-65-52)34-17-13-32(14-18-34)31-11-15-33(16-12-31)42-26-61-44(28-60-42)45-29-63-46(30-62-45)48-40-9-3-1-7-38(40)47(39-8-2-4-10-41(39)48)37-24-36-20-19-35-6-5-21-57-49(35)50(36)64-25-37/h1-30H. The van der Waals surface area contributed by atoms with Crippen molar-refractivity contribution in [1.82, 2.24) is 49.8 Å². The van der Waals surface area contributed by atoms with Gasteiger partial charge in [0.25, 0.3) is 11.6 Å². The summed E-state index contributed by atoms with van der Waals surface area (Å²) in [6, 6.07) is 43.2. The largest absolute Gasteiger partial charge is 0.283 e. The molecule has 6 aromatic heterocycles. The summed E-state index contributed by atoms with van der Waals surface area (Å²) in [6.07, 6.45) is 15.2. The maximum atomic E-state index is 12.9. The van der Waals surface area contributed by atoms with Gasteiger partial charge in [-0.1, -0.05) is 115 Å². The second-order valence-electron chi connectivity index (χ2n) is 16.4. The van der Waals surface area contributed by atoms with Crippen LogP contribution in [-0.2, 0) is 0 Å². The van der Waals surface area contributed by atoms with E-state index in [2.05, 4.69) is 97.7 Å². The lowest BCUT2D eigenvalue weighted by Crippen LogP contribution is -2.25. The van der Waals surface area contributed by atoms with Crippen molar-refractivity contribution in [3.63, 3.8) is 0 Å². The molecular weight excluding hydrogens is 845 g/mol. The van der Waals surface area contributed by atoms with E-state index in [4.69, 9.17) is 24.9 Å². The smallest absolute Gasteiger partial charge is 0.255 e. The van der Waals surface area contributed by atoms with Gasteiger partial charge in [0.1, 0.15) is 34.2 Å². The third-order valence-corrected chi connectivity index (χ3v) is 12.5. The van der Waals surface area contributed by atoms with Crippen LogP contribution in [0, 0.1) is 0 Å². The Labute approximate surface area is 386 Å². The number of hydrogen-bond acceptors (Lipinski definition) is 12. The zero-order valence-corrected chi connectivity index (χ0v) is 35.6. The zero-order chi connectivity index (χ0) is 45.3. The summed E-state index contributed by atoms with van der Waals surface area (Å²) in [6.45, 7) is 0. The second kappa shape index (κ2) is 15.5. The van der Waals surface area contributed by atoms with Crippen molar-refractivity contribution >= 4 is 54.9 Å². The minimum atomic E-state index is -0.744. The van der Waals surface area contributed by atoms with E-state index < -0.39 is 11.6 Å². The van der Waals surface area contributed by atoms with Crippen molar-refractivity contribution in [2.75, 3.05) is 0 Å². The summed E-state index contributed by atoms with van der Waals surface area (Å²) in [5.41, 5.74) is 12.2. The maximum Gasteiger partial charge on any atom is 0.255 e. The first-order valence-corrected chi connectivity index (χ1v) is 21.7. The molecule has 6 aromatic carbocycles. The van der Waals surface area contributed by atoms with Crippen molar-refractivity contribution in [3.8, 4) is 78.8 Å². The average molecular weight is 875 g/mol. The van der Waals surface area contributed by atoms with Crippen LogP contribution in [0.4, 0.5) is 0 Å². The molecule has 6 heterocycles. The molecule has 0 saturated carbocycles. The molecule has 0 bridgehead atoms.